The van der Waals surface area contributed by atoms with Crippen LogP contribution in [0.3, 0.4) is 0 Å². The number of morpholine rings is 1. The van der Waals surface area contributed by atoms with Crippen LogP contribution in [0, 0.1) is 0 Å². The lowest BCUT2D eigenvalue weighted by Gasteiger charge is -2.29. The second-order valence-electron chi connectivity index (χ2n) is 7.38. The fourth-order valence-corrected chi connectivity index (χ4v) is 4.03. The normalized spacial score (nSPS) is 22.2. The Labute approximate surface area is 170 Å². The number of hydrogen-bond donors (Lipinski definition) is 2. The summed E-state index contributed by atoms with van der Waals surface area (Å²) in [5.74, 6) is -1.31. The Balaban J connectivity index is 1.70. The van der Waals surface area contributed by atoms with Gasteiger partial charge in [0.15, 0.2) is 0 Å². The number of aliphatic hydroxyl groups excluding tert-OH is 1. The molecule has 0 radical (unpaired) electrons. The van der Waals surface area contributed by atoms with E-state index in [2.05, 4.69) is 0 Å². The second-order valence-corrected chi connectivity index (χ2v) is 7.38. The molecule has 29 heavy (non-hydrogen) atoms. The van der Waals surface area contributed by atoms with Crippen molar-refractivity contribution in [3.05, 3.63) is 77.4 Å². The van der Waals surface area contributed by atoms with Crippen LogP contribution in [0.25, 0.3) is 5.76 Å². The summed E-state index contributed by atoms with van der Waals surface area (Å²) in [5.41, 5.74) is 1.51. The van der Waals surface area contributed by atoms with Gasteiger partial charge in [-0.2, -0.15) is 0 Å². The van der Waals surface area contributed by atoms with Gasteiger partial charge >= 0.3 is 0 Å². The molecule has 2 aromatic carbocycles. The molecule has 0 aliphatic carbocycles. The van der Waals surface area contributed by atoms with Crippen molar-refractivity contribution in [2.75, 3.05) is 39.4 Å². The van der Waals surface area contributed by atoms with Gasteiger partial charge in [0.25, 0.3) is 11.7 Å². The molecule has 1 atom stereocenters. The summed E-state index contributed by atoms with van der Waals surface area (Å²) in [6, 6.07) is 17.8. The number of quaternary nitrogens is 1. The van der Waals surface area contributed by atoms with E-state index >= 15 is 0 Å². The van der Waals surface area contributed by atoms with Gasteiger partial charge in [0, 0.05) is 5.56 Å². The molecule has 0 bridgehead atoms. The Morgan fingerprint density at radius 1 is 1.00 bits per heavy atom. The molecule has 2 fully saturated rings. The molecule has 2 aliphatic rings. The summed E-state index contributed by atoms with van der Waals surface area (Å²) < 4.78 is 5.40. The van der Waals surface area contributed by atoms with E-state index in [0.29, 0.717) is 25.3 Å². The third-order valence-corrected chi connectivity index (χ3v) is 5.61. The zero-order valence-corrected chi connectivity index (χ0v) is 16.2. The SMILES string of the molecule is O=C1C(=O)N(CC[NH+]2CCOCC2)[C@@H](c2ccccc2)C1=C(O)c1ccccc1. The van der Waals surface area contributed by atoms with Gasteiger partial charge in [-0.25, -0.2) is 0 Å². The Morgan fingerprint density at radius 3 is 2.28 bits per heavy atom. The van der Waals surface area contributed by atoms with Crippen LogP contribution in [-0.2, 0) is 14.3 Å². The van der Waals surface area contributed by atoms with Crippen LogP contribution in [0.5, 0.6) is 0 Å². The van der Waals surface area contributed by atoms with Crippen LogP contribution >= 0.6 is 0 Å². The molecule has 1 amide bonds. The van der Waals surface area contributed by atoms with E-state index in [1.54, 1.807) is 29.2 Å². The van der Waals surface area contributed by atoms with Gasteiger partial charge in [-0.3, -0.25) is 9.59 Å². The molecule has 0 saturated carbocycles. The van der Waals surface area contributed by atoms with Crippen LogP contribution in [0.15, 0.2) is 66.2 Å². The standard InChI is InChI=1S/C23H24N2O4/c26-21(18-9-5-2-6-10-18)19-20(17-7-3-1-4-8-17)25(23(28)22(19)27)12-11-24-13-15-29-16-14-24/h1-10,20,26H,11-16H2/p+1/t20-/m0/s1. The lowest BCUT2D eigenvalue weighted by Crippen LogP contribution is -3.14. The molecule has 2 N–H and O–H groups in total. The summed E-state index contributed by atoms with van der Waals surface area (Å²) in [6.07, 6.45) is 0. The number of aliphatic hydroxyl groups is 1. The smallest absolute Gasteiger partial charge is 0.295 e. The van der Waals surface area contributed by atoms with Crippen molar-refractivity contribution >= 4 is 17.4 Å². The topological polar surface area (TPSA) is 71.3 Å². The Bertz CT molecular complexity index is 905. The van der Waals surface area contributed by atoms with E-state index in [1.807, 2.05) is 36.4 Å². The van der Waals surface area contributed by atoms with E-state index in [9.17, 15) is 14.7 Å². The highest BCUT2D eigenvalue weighted by atomic mass is 16.5. The van der Waals surface area contributed by atoms with Gasteiger partial charge < -0.3 is 19.6 Å². The number of hydrogen-bond acceptors (Lipinski definition) is 4. The summed E-state index contributed by atoms with van der Waals surface area (Å²) in [6.45, 7) is 4.40. The number of amides is 1. The molecule has 150 valence electrons. The third kappa shape index (κ3) is 3.95. The largest absolute Gasteiger partial charge is 0.507 e. The number of nitrogens with zero attached hydrogens (tertiary/aromatic N) is 1. The third-order valence-electron chi connectivity index (χ3n) is 5.61. The molecular weight excluding hydrogens is 368 g/mol. The van der Waals surface area contributed by atoms with Crippen molar-refractivity contribution in [1.82, 2.24) is 4.90 Å². The van der Waals surface area contributed by atoms with Crippen LogP contribution in [0.1, 0.15) is 17.2 Å². The summed E-state index contributed by atoms with van der Waals surface area (Å²) in [4.78, 5) is 28.8. The second kappa shape index (κ2) is 8.59. The van der Waals surface area contributed by atoms with E-state index in [4.69, 9.17) is 4.74 Å². The first-order valence-corrected chi connectivity index (χ1v) is 9.97. The number of carbonyl (C=O) groups excluding carboxylic acids is 2. The number of carbonyl (C=O) groups is 2. The zero-order valence-electron chi connectivity index (χ0n) is 16.2. The van der Waals surface area contributed by atoms with Crippen LogP contribution in [0.2, 0.25) is 0 Å². The molecule has 2 aromatic rings. The molecule has 6 heteroatoms. The van der Waals surface area contributed by atoms with Gasteiger partial charge in [0.1, 0.15) is 18.8 Å². The first kappa shape index (κ1) is 19.4. The van der Waals surface area contributed by atoms with E-state index in [1.165, 1.54) is 4.90 Å². The Morgan fingerprint density at radius 2 is 1.62 bits per heavy atom. The summed E-state index contributed by atoms with van der Waals surface area (Å²) in [7, 11) is 0. The van der Waals surface area contributed by atoms with E-state index < -0.39 is 17.7 Å². The predicted octanol–water partition coefficient (Wildman–Crippen LogP) is 1.02. The number of benzene rings is 2. The molecule has 2 aliphatic heterocycles. The quantitative estimate of drug-likeness (QED) is 0.452. The first-order chi connectivity index (χ1) is 14.2. The monoisotopic (exact) mass is 393 g/mol. The molecule has 2 saturated heterocycles. The molecule has 0 spiro atoms. The average Bonchev–Trinajstić information content (AvgIpc) is 3.04. The van der Waals surface area contributed by atoms with Gasteiger partial charge in [-0.05, 0) is 5.56 Å². The van der Waals surface area contributed by atoms with Crippen molar-refractivity contribution in [3.8, 4) is 0 Å². The lowest BCUT2D eigenvalue weighted by atomic mass is 9.95. The predicted molar refractivity (Wildman–Crippen MR) is 108 cm³/mol. The Kier molecular flexibility index (Phi) is 5.74. The number of nitrogens with one attached hydrogen (secondary N) is 1. The fraction of sp³-hybridized carbons (Fsp3) is 0.304. The first-order valence-electron chi connectivity index (χ1n) is 9.97. The van der Waals surface area contributed by atoms with Crippen LogP contribution in [-0.4, -0.2) is 61.1 Å². The average molecular weight is 393 g/mol. The fourth-order valence-electron chi connectivity index (χ4n) is 4.03. The highest BCUT2D eigenvalue weighted by Crippen LogP contribution is 2.38. The van der Waals surface area contributed by atoms with Crippen molar-refractivity contribution in [1.29, 1.82) is 0 Å². The molecule has 4 rings (SSSR count). The van der Waals surface area contributed by atoms with Crippen LogP contribution < -0.4 is 4.90 Å². The van der Waals surface area contributed by atoms with Crippen molar-refractivity contribution in [3.63, 3.8) is 0 Å². The molecule has 0 unspecified atom stereocenters. The maximum Gasteiger partial charge on any atom is 0.295 e. The molecule has 6 nitrogen and oxygen atoms in total. The minimum absolute atomic E-state index is 0.126. The maximum atomic E-state index is 12.9. The zero-order chi connectivity index (χ0) is 20.2. The summed E-state index contributed by atoms with van der Waals surface area (Å²) in [5, 5.41) is 10.9. The summed E-state index contributed by atoms with van der Waals surface area (Å²) >= 11 is 0. The number of ketones is 1. The number of Topliss-reactive ketones (excluding diaryl/α,β-unsaturated/α-hetero) is 1. The molecule has 2 heterocycles. The van der Waals surface area contributed by atoms with Gasteiger partial charge in [-0.1, -0.05) is 60.7 Å². The maximum absolute atomic E-state index is 12.9. The number of rotatable bonds is 5. The minimum Gasteiger partial charge on any atom is -0.507 e. The molecular formula is C23H25N2O4+. The van der Waals surface area contributed by atoms with Gasteiger partial charge in [-0.15, -0.1) is 0 Å². The lowest BCUT2D eigenvalue weighted by molar-refractivity contribution is -0.907. The van der Waals surface area contributed by atoms with Gasteiger partial charge in [0.2, 0.25) is 0 Å². The highest BCUT2D eigenvalue weighted by Gasteiger charge is 2.46. The van der Waals surface area contributed by atoms with Crippen LogP contribution in [0.4, 0.5) is 0 Å². The highest BCUT2D eigenvalue weighted by molar-refractivity contribution is 6.46. The van der Waals surface area contributed by atoms with Crippen molar-refractivity contribution in [2.45, 2.75) is 6.04 Å². The minimum atomic E-state index is -0.628. The Hall–Kier alpha value is -2.96. The molecule has 0 aromatic heterocycles. The van der Waals surface area contributed by atoms with Crippen molar-refractivity contribution < 1.29 is 24.3 Å². The number of ether oxygens (including phenoxy) is 1. The van der Waals surface area contributed by atoms with Crippen molar-refractivity contribution in [2.24, 2.45) is 0 Å². The van der Waals surface area contributed by atoms with E-state index in [-0.39, 0.29) is 11.3 Å². The van der Waals surface area contributed by atoms with Gasteiger partial charge in [0.05, 0.1) is 37.9 Å². The number of likely N-dealkylation sites (tertiary alicyclic amines) is 1. The van der Waals surface area contributed by atoms with E-state index in [0.717, 1.165) is 25.2 Å².